The topological polar surface area (TPSA) is 49.4 Å². The number of nitrogens with one attached hydrogen (secondary N) is 1. The molecule has 0 unspecified atom stereocenters. The van der Waals surface area contributed by atoms with Gasteiger partial charge in [0, 0.05) is 31.6 Å². The summed E-state index contributed by atoms with van der Waals surface area (Å²) < 4.78 is 0. The van der Waals surface area contributed by atoms with Gasteiger partial charge in [-0.2, -0.15) is 0 Å². The van der Waals surface area contributed by atoms with Crippen LogP contribution in [0.2, 0.25) is 0 Å². The summed E-state index contributed by atoms with van der Waals surface area (Å²) in [5.41, 5.74) is 3.12. The van der Waals surface area contributed by atoms with Gasteiger partial charge in [0.15, 0.2) is 0 Å². The standard InChI is InChI=1S/C16H22N2O2/c1-11-4-7-15(12(2)10-11)18(13(3)19)9-8-16(20)17-14-5-6-14/h4,7,10,14H,5-6,8-9H2,1-3H3,(H,17,20). The fourth-order valence-corrected chi connectivity index (χ4v) is 2.30. The molecule has 4 nitrogen and oxygen atoms in total. The quantitative estimate of drug-likeness (QED) is 0.896. The van der Waals surface area contributed by atoms with Crippen LogP contribution in [0.5, 0.6) is 0 Å². The molecule has 0 bridgehead atoms. The van der Waals surface area contributed by atoms with E-state index in [1.54, 1.807) is 4.90 Å². The Morgan fingerprint density at radius 3 is 2.55 bits per heavy atom. The molecule has 0 heterocycles. The Kier molecular flexibility index (Phi) is 4.42. The lowest BCUT2D eigenvalue weighted by Crippen LogP contribution is -2.34. The lowest BCUT2D eigenvalue weighted by Gasteiger charge is -2.23. The Morgan fingerprint density at radius 2 is 2.00 bits per heavy atom. The number of carbonyl (C=O) groups is 2. The highest BCUT2D eigenvalue weighted by Gasteiger charge is 2.23. The summed E-state index contributed by atoms with van der Waals surface area (Å²) in [5.74, 6) is -0.000287. The molecule has 1 aliphatic rings. The first-order chi connectivity index (χ1) is 9.47. The second-order valence-corrected chi connectivity index (χ2v) is 5.55. The maximum absolute atomic E-state index is 11.8. The van der Waals surface area contributed by atoms with E-state index in [4.69, 9.17) is 0 Å². The third-order valence-corrected chi connectivity index (χ3v) is 3.53. The monoisotopic (exact) mass is 274 g/mol. The van der Waals surface area contributed by atoms with E-state index in [1.807, 2.05) is 26.0 Å². The second-order valence-electron chi connectivity index (χ2n) is 5.55. The van der Waals surface area contributed by atoms with E-state index in [0.29, 0.717) is 19.0 Å². The van der Waals surface area contributed by atoms with E-state index in [-0.39, 0.29) is 11.8 Å². The van der Waals surface area contributed by atoms with Gasteiger partial charge >= 0.3 is 0 Å². The zero-order chi connectivity index (χ0) is 14.7. The van der Waals surface area contributed by atoms with E-state index < -0.39 is 0 Å². The van der Waals surface area contributed by atoms with Crippen LogP contribution in [-0.4, -0.2) is 24.4 Å². The maximum Gasteiger partial charge on any atom is 0.223 e. The zero-order valence-corrected chi connectivity index (χ0v) is 12.4. The molecule has 0 aromatic heterocycles. The predicted molar refractivity (Wildman–Crippen MR) is 79.7 cm³/mol. The summed E-state index contributed by atoms with van der Waals surface area (Å²) in [5, 5.41) is 2.95. The van der Waals surface area contributed by atoms with Crippen molar-refractivity contribution < 1.29 is 9.59 Å². The largest absolute Gasteiger partial charge is 0.353 e. The third kappa shape index (κ3) is 3.83. The van der Waals surface area contributed by atoms with Gasteiger partial charge in [-0.1, -0.05) is 17.7 Å². The number of anilines is 1. The van der Waals surface area contributed by atoms with Gasteiger partial charge in [-0.15, -0.1) is 0 Å². The van der Waals surface area contributed by atoms with Gasteiger partial charge < -0.3 is 10.2 Å². The molecule has 108 valence electrons. The van der Waals surface area contributed by atoms with Crippen LogP contribution in [-0.2, 0) is 9.59 Å². The number of aryl methyl sites for hydroxylation is 2. The number of amides is 2. The third-order valence-electron chi connectivity index (χ3n) is 3.53. The summed E-state index contributed by atoms with van der Waals surface area (Å²) in [6.07, 6.45) is 2.52. The van der Waals surface area contributed by atoms with E-state index >= 15 is 0 Å². The van der Waals surface area contributed by atoms with Crippen molar-refractivity contribution in [3.05, 3.63) is 29.3 Å². The molecule has 20 heavy (non-hydrogen) atoms. The number of carbonyl (C=O) groups excluding carboxylic acids is 2. The predicted octanol–water partition coefficient (Wildman–Crippen LogP) is 2.33. The van der Waals surface area contributed by atoms with E-state index in [1.165, 1.54) is 12.5 Å². The van der Waals surface area contributed by atoms with Crippen molar-refractivity contribution in [2.75, 3.05) is 11.4 Å². The molecule has 0 atom stereocenters. The van der Waals surface area contributed by atoms with E-state index in [0.717, 1.165) is 24.1 Å². The Morgan fingerprint density at radius 1 is 1.30 bits per heavy atom. The molecule has 1 fully saturated rings. The first kappa shape index (κ1) is 14.6. The molecule has 0 aliphatic heterocycles. The van der Waals surface area contributed by atoms with Crippen LogP contribution in [0.25, 0.3) is 0 Å². The fourth-order valence-electron chi connectivity index (χ4n) is 2.30. The fraction of sp³-hybridized carbons (Fsp3) is 0.500. The first-order valence-corrected chi connectivity index (χ1v) is 7.12. The molecule has 1 N–H and O–H groups in total. The second kappa shape index (κ2) is 6.07. The van der Waals surface area contributed by atoms with Crippen LogP contribution in [0, 0.1) is 13.8 Å². The number of nitrogens with zero attached hydrogens (tertiary/aromatic N) is 1. The highest BCUT2D eigenvalue weighted by atomic mass is 16.2. The van der Waals surface area contributed by atoms with Crippen molar-refractivity contribution >= 4 is 17.5 Å². The molecule has 1 aromatic carbocycles. The Hall–Kier alpha value is -1.84. The number of hydrogen-bond acceptors (Lipinski definition) is 2. The van der Waals surface area contributed by atoms with Crippen molar-refractivity contribution in [3.8, 4) is 0 Å². The van der Waals surface area contributed by atoms with Crippen LogP contribution in [0.1, 0.15) is 37.3 Å². The minimum Gasteiger partial charge on any atom is -0.353 e. The first-order valence-electron chi connectivity index (χ1n) is 7.12. The van der Waals surface area contributed by atoms with Gasteiger partial charge in [-0.25, -0.2) is 0 Å². The summed E-state index contributed by atoms with van der Waals surface area (Å²) in [6, 6.07) is 6.36. The van der Waals surface area contributed by atoms with Gasteiger partial charge in [0.25, 0.3) is 0 Å². The summed E-state index contributed by atoms with van der Waals surface area (Å²) >= 11 is 0. The van der Waals surface area contributed by atoms with Crippen LogP contribution in [0.15, 0.2) is 18.2 Å². The molecule has 1 saturated carbocycles. The molecule has 1 aliphatic carbocycles. The maximum atomic E-state index is 11.8. The normalized spacial score (nSPS) is 13.9. The van der Waals surface area contributed by atoms with E-state index in [9.17, 15) is 9.59 Å². The summed E-state index contributed by atoms with van der Waals surface area (Å²) in [4.78, 5) is 25.2. The van der Waals surface area contributed by atoms with Crippen LogP contribution in [0.3, 0.4) is 0 Å². The highest BCUT2D eigenvalue weighted by Crippen LogP contribution is 2.22. The minimum absolute atomic E-state index is 0.0310. The number of benzene rings is 1. The average molecular weight is 274 g/mol. The molecule has 0 spiro atoms. The number of rotatable bonds is 5. The number of hydrogen-bond donors (Lipinski definition) is 1. The van der Waals surface area contributed by atoms with Gasteiger partial charge in [-0.3, -0.25) is 9.59 Å². The molecular formula is C16H22N2O2. The average Bonchev–Trinajstić information content (AvgIpc) is 3.15. The summed E-state index contributed by atoms with van der Waals surface area (Å²) in [7, 11) is 0. The van der Waals surface area contributed by atoms with Crippen LogP contribution >= 0.6 is 0 Å². The van der Waals surface area contributed by atoms with Gasteiger partial charge in [-0.05, 0) is 38.3 Å². The molecule has 2 rings (SSSR count). The Bertz CT molecular complexity index is 521. The van der Waals surface area contributed by atoms with Crippen molar-refractivity contribution in [2.24, 2.45) is 0 Å². The summed E-state index contributed by atoms with van der Waals surface area (Å²) in [6.45, 7) is 5.98. The Balaban J connectivity index is 2.02. The molecule has 1 aromatic rings. The van der Waals surface area contributed by atoms with Crippen molar-refractivity contribution in [3.63, 3.8) is 0 Å². The molecule has 0 saturated heterocycles. The molecule has 0 radical (unpaired) electrons. The van der Waals surface area contributed by atoms with Crippen LogP contribution < -0.4 is 10.2 Å². The smallest absolute Gasteiger partial charge is 0.223 e. The van der Waals surface area contributed by atoms with E-state index in [2.05, 4.69) is 11.4 Å². The molecule has 2 amide bonds. The van der Waals surface area contributed by atoms with Crippen molar-refractivity contribution in [1.82, 2.24) is 5.32 Å². The zero-order valence-electron chi connectivity index (χ0n) is 12.4. The lowest BCUT2D eigenvalue weighted by atomic mass is 10.1. The lowest BCUT2D eigenvalue weighted by molar-refractivity contribution is -0.121. The van der Waals surface area contributed by atoms with Gasteiger partial charge in [0.2, 0.25) is 11.8 Å². The molecular weight excluding hydrogens is 252 g/mol. The minimum atomic E-state index is -0.0313. The van der Waals surface area contributed by atoms with Crippen LogP contribution in [0.4, 0.5) is 5.69 Å². The van der Waals surface area contributed by atoms with Gasteiger partial charge in [0.05, 0.1) is 0 Å². The van der Waals surface area contributed by atoms with Gasteiger partial charge in [0.1, 0.15) is 0 Å². The van der Waals surface area contributed by atoms with Crippen molar-refractivity contribution in [1.29, 1.82) is 0 Å². The van der Waals surface area contributed by atoms with Crippen molar-refractivity contribution in [2.45, 2.75) is 46.1 Å². The Labute approximate surface area is 120 Å². The highest BCUT2D eigenvalue weighted by molar-refractivity contribution is 5.93. The SMILES string of the molecule is CC(=O)N(CCC(=O)NC1CC1)c1ccc(C)cc1C. The molecule has 4 heteroatoms.